The van der Waals surface area contributed by atoms with Crippen LogP contribution in [-0.4, -0.2) is 6.54 Å². The van der Waals surface area contributed by atoms with Gasteiger partial charge in [0.15, 0.2) is 0 Å². The van der Waals surface area contributed by atoms with Crippen LogP contribution >= 0.6 is 43.5 Å². The molecule has 0 atom stereocenters. The lowest BCUT2D eigenvalue weighted by molar-refractivity contribution is 1.30. The summed E-state index contributed by atoms with van der Waals surface area (Å²) < 4.78 is 2.10. The van der Waals surface area contributed by atoms with Gasteiger partial charge in [-0.2, -0.15) is 0 Å². The predicted octanol–water partition coefficient (Wildman–Crippen LogP) is 4.68. The van der Waals surface area contributed by atoms with Crippen LogP contribution in [0.1, 0.15) is 5.56 Å². The minimum absolute atomic E-state index is 0.712. The van der Waals surface area contributed by atoms with Crippen molar-refractivity contribution in [3.8, 4) is 0 Å². The van der Waals surface area contributed by atoms with Gasteiger partial charge in [0.05, 0.1) is 5.69 Å². The van der Waals surface area contributed by atoms with E-state index in [4.69, 9.17) is 11.6 Å². The molecule has 0 heterocycles. The van der Waals surface area contributed by atoms with Gasteiger partial charge in [-0.15, -0.1) is 0 Å². The van der Waals surface area contributed by atoms with Crippen molar-refractivity contribution in [1.29, 1.82) is 0 Å². The maximum atomic E-state index is 5.43. The van der Waals surface area contributed by atoms with Crippen LogP contribution in [0.5, 0.6) is 0 Å². The van der Waals surface area contributed by atoms with Crippen molar-refractivity contribution < 1.29 is 0 Å². The summed E-state index contributed by atoms with van der Waals surface area (Å²) in [4.78, 5) is 0. The van der Waals surface area contributed by atoms with E-state index < -0.39 is 0 Å². The molecule has 14 heavy (non-hydrogen) atoms. The van der Waals surface area contributed by atoms with Crippen LogP contribution in [0.25, 0.3) is 0 Å². The molecule has 0 aliphatic heterocycles. The number of halogens is 3. The Morgan fingerprint density at radius 2 is 1.93 bits per heavy atom. The van der Waals surface area contributed by atoms with E-state index in [9.17, 15) is 0 Å². The second kappa shape index (κ2) is 5.79. The Labute approximate surface area is 106 Å². The molecule has 1 aromatic rings. The van der Waals surface area contributed by atoms with Crippen molar-refractivity contribution in [2.75, 3.05) is 11.9 Å². The van der Waals surface area contributed by atoms with Crippen molar-refractivity contribution in [2.45, 2.75) is 6.92 Å². The van der Waals surface area contributed by atoms with Crippen molar-refractivity contribution in [1.82, 2.24) is 0 Å². The summed E-state index contributed by atoms with van der Waals surface area (Å²) in [5.74, 6) is 0. The van der Waals surface area contributed by atoms with E-state index in [1.54, 1.807) is 0 Å². The smallest absolute Gasteiger partial charge is 0.0631 e. The summed E-state index contributed by atoms with van der Waals surface area (Å²) >= 11 is 12.4. The van der Waals surface area contributed by atoms with Crippen LogP contribution in [0, 0.1) is 6.92 Å². The molecule has 0 bridgehead atoms. The van der Waals surface area contributed by atoms with Crippen molar-refractivity contribution >= 4 is 49.1 Å². The van der Waals surface area contributed by atoms with Gasteiger partial charge in [0.25, 0.3) is 0 Å². The molecule has 76 valence electrons. The molecule has 0 aromatic heterocycles. The average molecular weight is 339 g/mol. The van der Waals surface area contributed by atoms with Crippen molar-refractivity contribution in [3.63, 3.8) is 0 Å². The first kappa shape index (κ1) is 12.1. The van der Waals surface area contributed by atoms with Crippen LogP contribution in [0.2, 0.25) is 0 Å². The molecular formula is C10H10Br2ClN. The number of aryl methyl sites for hydroxylation is 1. The fourth-order valence-corrected chi connectivity index (χ4v) is 2.86. The van der Waals surface area contributed by atoms with Gasteiger partial charge in [0.2, 0.25) is 0 Å². The SMILES string of the molecule is Cc1cc(Br)c(NC/C=C/Cl)c(Br)c1. The first-order valence-corrected chi connectivity index (χ1v) is 6.12. The summed E-state index contributed by atoms with van der Waals surface area (Å²) in [6.45, 7) is 2.77. The molecule has 1 rings (SSSR count). The Hall–Kier alpha value is 0.01000. The van der Waals surface area contributed by atoms with Gasteiger partial charge < -0.3 is 5.32 Å². The van der Waals surface area contributed by atoms with Gasteiger partial charge in [-0.05, 0) is 56.5 Å². The van der Waals surface area contributed by atoms with E-state index in [0.29, 0.717) is 6.54 Å². The fraction of sp³-hybridized carbons (Fsp3) is 0.200. The lowest BCUT2D eigenvalue weighted by atomic mass is 10.2. The minimum atomic E-state index is 0.712. The standard InChI is InChI=1S/C10H10Br2ClN/c1-7-5-8(11)10(9(12)6-7)14-4-2-3-13/h2-3,5-6,14H,4H2,1H3/b3-2+. The molecule has 0 radical (unpaired) electrons. The molecule has 4 heteroatoms. The predicted molar refractivity (Wildman–Crippen MR) is 70.1 cm³/mol. The molecule has 0 fully saturated rings. The lowest BCUT2D eigenvalue weighted by Crippen LogP contribution is -1.99. The number of hydrogen-bond acceptors (Lipinski definition) is 1. The van der Waals surface area contributed by atoms with Gasteiger partial charge in [-0.1, -0.05) is 17.7 Å². The van der Waals surface area contributed by atoms with E-state index in [1.165, 1.54) is 11.1 Å². The number of nitrogens with one attached hydrogen (secondary N) is 1. The van der Waals surface area contributed by atoms with Crippen molar-refractivity contribution in [2.24, 2.45) is 0 Å². The van der Waals surface area contributed by atoms with Crippen LogP contribution in [0.15, 0.2) is 32.7 Å². The first-order valence-electron chi connectivity index (χ1n) is 4.10. The molecule has 1 N–H and O–H groups in total. The minimum Gasteiger partial charge on any atom is -0.380 e. The molecule has 0 aliphatic rings. The number of benzene rings is 1. The number of anilines is 1. The lowest BCUT2D eigenvalue weighted by Gasteiger charge is -2.09. The average Bonchev–Trinajstić information content (AvgIpc) is 2.09. The Morgan fingerprint density at radius 3 is 2.43 bits per heavy atom. The number of rotatable bonds is 3. The van der Waals surface area contributed by atoms with Gasteiger partial charge in [0.1, 0.15) is 0 Å². The summed E-state index contributed by atoms with van der Waals surface area (Å²) in [5.41, 5.74) is 3.76. The van der Waals surface area contributed by atoms with Gasteiger partial charge in [-0.25, -0.2) is 0 Å². The van der Waals surface area contributed by atoms with E-state index in [-0.39, 0.29) is 0 Å². The zero-order valence-electron chi connectivity index (χ0n) is 7.65. The molecule has 0 saturated heterocycles. The second-order valence-corrected chi connectivity index (χ2v) is 4.81. The zero-order valence-corrected chi connectivity index (χ0v) is 11.6. The summed E-state index contributed by atoms with van der Waals surface area (Å²) in [7, 11) is 0. The Kier molecular flexibility index (Phi) is 4.99. The van der Waals surface area contributed by atoms with Crippen LogP contribution in [0.4, 0.5) is 5.69 Å². The Bertz CT molecular complexity index is 327. The van der Waals surface area contributed by atoms with Crippen molar-refractivity contribution in [3.05, 3.63) is 38.3 Å². The highest BCUT2D eigenvalue weighted by atomic mass is 79.9. The third kappa shape index (κ3) is 3.30. The quantitative estimate of drug-likeness (QED) is 0.843. The largest absolute Gasteiger partial charge is 0.380 e. The molecule has 0 spiro atoms. The summed E-state index contributed by atoms with van der Waals surface area (Å²) in [6, 6.07) is 4.13. The van der Waals surface area contributed by atoms with Crippen LogP contribution < -0.4 is 5.32 Å². The molecule has 0 amide bonds. The third-order valence-electron chi connectivity index (χ3n) is 1.67. The molecular weight excluding hydrogens is 329 g/mol. The van der Waals surface area contributed by atoms with Gasteiger partial charge in [0, 0.05) is 21.0 Å². The highest BCUT2D eigenvalue weighted by molar-refractivity contribution is 9.11. The third-order valence-corrected chi connectivity index (χ3v) is 3.10. The molecule has 1 nitrogen and oxygen atoms in total. The molecule has 0 unspecified atom stereocenters. The molecule has 1 aromatic carbocycles. The van der Waals surface area contributed by atoms with E-state index in [0.717, 1.165) is 14.6 Å². The second-order valence-electron chi connectivity index (χ2n) is 2.85. The monoisotopic (exact) mass is 337 g/mol. The highest BCUT2D eigenvalue weighted by Gasteiger charge is 2.04. The normalized spacial score (nSPS) is 10.9. The zero-order chi connectivity index (χ0) is 10.6. The summed E-state index contributed by atoms with van der Waals surface area (Å²) in [6.07, 6.45) is 1.85. The highest BCUT2D eigenvalue weighted by Crippen LogP contribution is 2.32. The van der Waals surface area contributed by atoms with Gasteiger partial charge in [-0.3, -0.25) is 0 Å². The topological polar surface area (TPSA) is 12.0 Å². The van der Waals surface area contributed by atoms with E-state index in [2.05, 4.69) is 56.2 Å². The van der Waals surface area contributed by atoms with E-state index >= 15 is 0 Å². The number of hydrogen-bond donors (Lipinski definition) is 1. The molecule has 0 saturated carbocycles. The van der Waals surface area contributed by atoms with Crippen LogP contribution in [0.3, 0.4) is 0 Å². The van der Waals surface area contributed by atoms with E-state index in [1.807, 2.05) is 6.08 Å². The fourth-order valence-electron chi connectivity index (χ4n) is 1.07. The summed E-state index contributed by atoms with van der Waals surface area (Å²) in [5, 5.41) is 3.24. The maximum Gasteiger partial charge on any atom is 0.0631 e. The first-order chi connectivity index (χ1) is 6.65. The van der Waals surface area contributed by atoms with Crippen LogP contribution in [-0.2, 0) is 0 Å². The maximum absolute atomic E-state index is 5.43. The molecule has 0 aliphatic carbocycles. The Balaban J connectivity index is 2.85. The van der Waals surface area contributed by atoms with Gasteiger partial charge >= 0.3 is 0 Å². The Morgan fingerprint density at radius 1 is 1.36 bits per heavy atom.